The van der Waals surface area contributed by atoms with Crippen molar-refractivity contribution in [3.05, 3.63) is 29.6 Å². The average Bonchev–Trinajstić information content (AvgIpc) is 2.26. The van der Waals surface area contributed by atoms with E-state index in [4.69, 9.17) is 0 Å². The maximum atomic E-state index is 10.1. The van der Waals surface area contributed by atoms with E-state index < -0.39 is 0 Å². The van der Waals surface area contributed by atoms with Crippen molar-refractivity contribution in [2.45, 2.75) is 46.1 Å². The fourth-order valence-electron chi connectivity index (χ4n) is 1.89. The fourth-order valence-corrected chi connectivity index (χ4v) is 1.89. The molecule has 2 nitrogen and oxygen atoms in total. The van der Waals surface area contributed by atoms with E-state index in [0.717, 1.165) is 30.4 Å². The fraction of sp³-hybridized carbons (Fsp3) is 0.615. The molecule has 0 aliphatic rings. The smallest absolute Gasteiger partial charge is 0.0810 e. The van der Waals surface area contributed by atoms with Crippen molar-refractivity contribution in [1.82, 2.24) is 4.98 Å². The first-order chi connectivity index (χ1) is 7.19. The van der Waals surface area contributed by atoms with Crippen LogP contribution in [0.15, 0.2) is 18.5 Å². The predicted molar refractivity (Wildman–Crippen MR) is 62.6 cm³/mol. The molecule has 1 rings (SSSR count). The van der Waals surface area contributed by atoms with Gasteiger partial charge in [-0.1, -0.05) is 26.7 Å². The number of hydrogen-bond donors (Lipinski definition) is 1. The van der Waals surface area contributed by atoms with E-state index in [-0.39, 0.29) is 6.10 Å². The van der Waals surface area contributed by atoms with Crippen LogP contribution in [0.4, 0.5) is 0 Å². The van der Waals surface area contributed by atoms with Crippen molar-refractivity contribution in [3.63, 3.8) is 0 Å². The highest BCUT2D eigenvalue weighted by Crippen LogP contribution is 2.26. The summed E-state index contributed by atoms with van der Waals surface area (Å²) in [5.74, 6) is 0.611. The van der Waals surface area contributed by atoms with E-state index in [1.54, 1.807) is 12.4 Å². The summed E-state index contributed by atoms with van der Waals surface area (Å²) in [5.41, 5.74) is 2.10. The number of hydrogen-bond acceptors (Lipinski definition) is 2. The zero-order valence-electron chi connectivity index (χ0n) is 9.90. The Morgan fingerprint density at radius 3 is 2.53 bits per heavy atom. The summed E-state index contributed by atoms with van der Waals surface area (Å²) < 4.78 is 0. The highest BCUT2D eigenvalue weighted by Gasteiger charge is 2.14. The summed E-state index contributed by atoms with van der Waals surface area (Å²) in [4.78, 5) is 4.07. The monoisotopic (exact) mass is 207 g/mol. The minimum Gasteiger partial charge on any atom is -0.388 e. The van der Waals surface area contributed by atoms with Gasteiger partial charge in [0, 0.05) is 18.0 Å². The Bertz CT molecular complexity index is 294. The standard InChI is InChI=1S/C13H21NO/c1-4-11(5-2)8-13(15)12-9-14-7-6-10(12)3/h6-7,9,11,13,15H,4-5,8H2,1-3H3. The molecular weight excluding hydrogens is 186 g/mol. The molecule has 1 unspecified atom stereocenters. The van der Waals surface area contributed by atoms with Crippen LogP contribution in [-0.4, -0.2) is 10.1 Å². The number of aryl methyl sites for hydroxylation is 1. The van der Waals surface area contributed by atoms with Gasteiger partial charge in [-0.3, -0.25) is 4.98 Å². The van der Waals surface area contributed by atoms with Crippen LogP contribution < -0.4 is 0 Å². The molecule has 0 saturated heterocycles. The van der Waals surface area contributed by atoms with Crippen LogP contribution in [0, 0.1) is 12.8 Å². The van der Waals surface area contributed by atoms with Crippen LogP contribution >= 0.6 is 0 Å². The second-order valence-corrected chi connectivity index (χ2v) is 4.17. The second-order valence-electron chi connectivity index (χ2n) is 4.17. The molecule has 0 spiro atoms. The van der Waals surface area contributed by atoms with Gasteiger partial charge in [0.2, 0.25) is 0 Å². The van der Waals surface area contributed by atoms with Gasteiger partial charge in [0.05, 0.1) is 6.10 Å². The Morgan fingerprint density at radius 2 is 2.00 bits per heavy atom. The van der Waals surface area contributed by atoms with Crippen LogP contribution in [0.2, 0.25) is 0 Å². The summed E-state index contributed by atoms with van der Waals surface area (Å²) in [7, 11) is 0. The van der Waals surface area contributed by atoms with Crippen molar-refractivity contribution in [2.75, 3.05) is 0 Å². The van der Waals surface area contributed by atoms with E-state index in [1.807, 2.05) is 13.0 Å². The maximum absolute atomic E-state index is 10.1. The molecule has 1 aromatic rings. The predicted octanol–water partition coefficient (Wildman–Crippen LogP) is 3.25. The molecule has 0 aliphatic heterocycles. The normalized spacial score (nSPS) is 13.1. The lowest BCUT2D eigenvalue weighted by molar-refractivity contribution is 0.140. The Balaban J connectivity index is 2.68. The quantitative estimate of drug-likeness (QED) is 0.804. The molecular formula is C13H21NO. The van der Waals surface area contributed by atoms with E-state index in [0.29, 0.717) is 5.92 Å². The molecule has 84 valence electrons. The van der Waals surface area contributed by atoms with E-state index in [9.17, 15) is 5.11 Å². The van der Waals surface area contributed by atoms with Crippen molar-refractivity contribution < 1.29 is 5.11 Å². The second kappa shape index (κ2) is 5.86. The molecule has 1 aromatic heterocycles. The zero-order chi connectivity index (χ0) is 11.3. The first kappa shape index (κ1) is 12.2. The summed E-state index contributed by atoms with van der Waals surface area (Å²) in [6.45, 7) is 6.38. The summed E-state index contributed by atoms with van der Waals surface area (Å²) >= 11 is 0. The molecule has 0 aromatic carbocycles. The highest BCUT2D eigenvalue weighted by atomic mass is 16.3. The molecule has 0 radical (unpaired) electrons. The molecule has 2 heteroatoms. The SMILES string of the molecule is CCC(CC)CC(O)c1cnccc1C. The number of aliphatic hydroxyl groups is 1. The van der Waals surface area contributed by atoms with Gasteiger partial charge in [-0.05, 0) is 30.9 Å². The largest absolute Gasteiger partial charge is 0.388 e. The average molecular weight is 207 g/mol. The third kappa shape index (κ3) is 3.31. The molecule has 0 bridgehead atoms. The Morgan fingerprint density at radius 1 is 1.33 bits per heavy atom. The summed E-state index contributed by atoms with van der Waals surface area (Å²) in [6.07, 6.45) is 6.30. The molecule has 0 fully saturated rings. The van der Waals surface area contributed by atoms with Crippen LogP contribution in [0.5, 0.6) is 0 Å². The minimum atomic E-state index is -0.358. The van der Waals surface area contributed by atoms with E-state index in [1.165, 1.54) is 0 Å². The lowest BCUT2D eigenvalue weighted by Gasteiger charge is -2.18. The van der Waals surface area contributed by atoms with Crippen LogP contribution in [0.3, 0.4) is 0 Å². The lowest BCUT2D eigenvalue weighted by atomic mass is 9.92. The van der Waals surface area contributed by atoms with E-state index in [2.05, 4.69) is 18.8 Å². The lowest BCUT2D eigenvalue weighted by Crippen LogP contribution is -2.07. The van der Waals surface area contributed by atoms with Gasteiger partial charge >= 0.3 is 0 Å². The van der Waals surface area contributed by atoms with Crippen LogP contribution in [0.25, 0.3) is 0 Å². The Hall–Kier alpha value is -0.890. The number of nitrogens with zero attached hydrogens (tertiary/aromatic N) is 1. The zero-order valence-corrected chi connectivity index (χ0v) is 9.90. The van der Waals surface area contributed by atoms with Gasteiger partial charge in [-0.25, -0.2) is 0 Å². The molecule has 1 N–H and O–H groups in total. The van der Waals surface area contributed by atoms with E-state index >= 15 is 0 Å². The van der Waals surface area contributed by atoms with Crippen molar-refractivity contribution in [1.29, 1.82) is 0 Å². The third-order valence-electron chi connectivity index (χ3n) is 3.15. The van der Waals surface area contributed by atoms with Crippen molar-refractivity contribution >= 4 is 0 Å². The maximum Gasteiger partial charge on any atom is 0.0810 e. The Labute approximate surface area is 92.4 Å². The molecule has 0 saturated carbocycles. The molecule has 1 atom stereocenters. The molecule has 15 heavy (non-hydrogen) atoms. The van der Waals surface area contributed by atoms with Gasteiger partial charge in [0.15, 0.2) is 0 Å². The molecule has 0 aliphatic carbocycles. The van der Waals surface area contributed by atoms with Gasteiger partial charge in [-0.15, -0.1) is 0 Å². The topological polar surface area (TPSA) is 33.1 Å². The van der Waals surface area contributed by atoms with Gasteiger partial charge in [0.1, 0.15) is 0 Å². The van der Waals surface area contributed by atoms with Crippen LogP contribution in [-0.2, 0) is 0 Å². The van der Waals surface area contributed by atoms with Crippen molar-refractivity contribution in [2.24, 2.45) is 5.92 Å². The van der Waals surface area contributed by atoms with Gasteiger partial charge in [0.25, 0.3) is 0 Å². The van der Waals surface area contributed by atoms with Crippen molar-refractivity contribution in [3.8, 4) is 0 Å². The Kier molecular flexibility index (Phi) is 4.76. The minimum absolute atomic E-state index is 0.358. The number of rotatable bonds is 5. The summed E-state index contributed by atoms with van der Waals surface area (Å²) in [6, 6.07) is 1.95. The van der Waals surface area contributed by atoms with Gasteiger partial charge in [-0.2, -0.15) is 0 Å². The number of aliphatic hydroxyl groups excluding tert-OH is 1. The number of aromatic nitrogens is 1. The third-order valence-corrected chi connectivity index (χ3v) is 3.15. The molecule has 1 heterocycles. The number of pyridine rings is 1. The van der Waals surface area contributed by atoms with Gasteiger partial charge < -0.3 is 5.11 Å². The first-order valence-corrected chi connectivity index (χ1v) is 5.77. The summed E-state index contributed by atoms with van der Waals surface area (Å²) in [5, 5.41) is 10.1. The first-order valence-electron chi connectivity index (χ1n) is 5.77. The molecule has 0 amide bonds. The van der Waals surface area contributed by atoms with Crippen LogP contribution in [0.1, 0.15) is 50.3 Å². The highest BCUT2D eigenvalue weighted by molar-refractivity contribution is 5.23.